The molecule has 0 amide bonds. The van der Waals surface area contributed by atoms with Gasteiger partial charge in [0.05, 0.1) is 0 Å². The summed E-state index contributed by atoms with van der Waals surface area (Å²) < 4.78 is 0. The summed E-state index contributed by atoms with van der Waals surface area (Å²) in [6.07, 6.45) is 4.20. The average molecular weight is 254 g/mol. The molecule has 3 nitrogen and oxygen atoms in total. The Morgan fingerprint density at radius 3 is 3.06 bits per heavy atom. The molecular weight excluding hydrogens is 234 g/mol. The maximum atomic E-state index is 6.10. The molecule has 0 saturated carbocycles. The number of halogens is 1. The second-order valence-electron chi connectivity index (χ2n) is 4.91. The zero-order chi connectivity index (χ0) is 12.3. The highest BCUT2D eigenvalue weighted by atomic mass is 35.5. The normalized spacial score (nSPS) is 26.1. The van der Waals surface area contributed by atoms with Gasteiger partial charge in [0, 0.05) is 30.9 Å². The molecule has 1 aromatic rings. The monoisotopic (exact) mass is 253 g/mol. The molecule has 0 aliphatic carbocycles. The molecule has 1 fully saturated rings. The van der Waals surface area contributed by atoms with E-state index in [1.807, 2.05) is 12.1 Å². The lowest BCUT2D eigenvalue weighted by Crippen LogP contribution is -2.43. The lowest BCUT2D eigenvalue weighted by molar-refractivity contribution is 0.113. The molecule has 2 heterocycles. The highest BCUT2D eigenvalue weighted by molar-refractivity contribution is 6.30. The van der Waals surface area contributed by atoms with Crippen molar-refractivity contribution in [2.45, 2.75) is 32.4 Å². The standard InChI is InChI=1S/C13H20ClN3/c1-10-4-5-11(7-15)8-17(10)9-12-3-2-6-16-13(12)14/h2-3,6,10-11H,4-5,7-9,15H2,1H3. The topological polar surface area (TPSA) is 42.1 Å². The summed E-state index contributed by atoms with van der Waals surface area (Å²) in [5.41, 5.74) is 6.88. The largest absolute Gasteiger partial charge is 0.330 e. The Labute approximate surface area is 108 Å². The average Bonchev–Trinajstić information content (AvgIpc) is 2.35. The van der Waals surface area contributed by atoms with Crippen molar-refractivity contribution in [1.82, 2.24) is 9.88 Å². The highest BCUT2D eigenvalue weighted by Crippen LogP contribution is 2.24. The summed E-state index contributed by atoms with van der Waals surface area (Å²) in [6, 6.07) is 4.60. The van der Waals surface area contributed by atoms with E-state index in [0.717, 1.165) is 25.2 Å². The number of rotatable bonds is 3. The number of hydrogen-bond donors (Lipinski definition) is 1. The first-order chi connectivity index (χ1) is 8.20. The summed E-state index contributed by atoms with van der Waals surface area (Å²) in [5, 5.41) is 0.620. The molecule has 1 aromatic heterocycles. The number of nitrogens with two attached hydrogens (primary N) is 1. The lowest BCUT2D eigenvalue weighted by atomic mass is 9.93. The molecular formula is C13H20ClN3. The molecule has 4 heteroatoms. The van der Waals surface area contributed by atoms with E-state index < -0.39 is 0 Å². The van der Waals surface area contributed by atoms with Crippen LogP contribution < -0.4 is 5.73 Å². The van der Waals surface area contributed by atoms with Gasteiger partial charge in [-0.1, -0.05) is 17.7 Å². The van der Waals surface area contributed by atoms with Gasteiger partial charge < -0.3 is 5.73 Å². The van der Waals surface area contributed by atoms with Crippen LogP contribution in [0.4, 0.5) is 0 Å². The van der Waals surface area contributed by atoms with Crippen molar-refractivity contribution in [2.75, 3.05) is 13.1 Å². The summed E-state index contributed by atoms with van der Waals surface area (Å²) in [7, 11) is 0. The molecule has 17 heavy (non-hydrogen) atoms. The molecule has 94 valence electrons. The third-order valence-electron chi connectivity index (χ3n) is 3.65. The molecule has 0 radical (unpaired) electrons. The van der Waals surface area contributed by atoms with E-state index in [-0.39, 0.29) is 0 Å². The Bertz CT molecular complexity index is 369. The molecule has 0 aromatic carbocycles. The second-order valence-corrected chi connectivity index (χ2v) is 5.27. The lowest BCUT2D eigenvalue weighted by Gasteiger charge is -2.37. The smallest absolute Gasteiger partial charge is 0.133 e. The molecule has 2 rings (SSSR count). The van der Waals surface area contributed by atoms with Crippen molar-refractivity contribution in [3.05, 3.63) is 29.0 Å². The van der Waals surface area contributed by atoms with Gasteiger partial charge >= 0.3 is 0 Å². The van der Waals surface area contributed by atoms with Crippen LogP contribution in [0.25, 0.3) is 0 Å². The third-order valence-corrected chi connectivity index (χ3v) is 3.99. The fourth-order valence-corrected chi connectivity index (χ4v) is 2.61. The number of piperidine rings is 1. The number of likely N-dealkylation sites (tertiary alicyclic amines) is 1. The Morgan fingerprint density at radius 1 is 1.53 bits per heavy atom. The van der Waals surface area contributed by atoms with Crippen LogP contribution in [0.3, 0.4) is 0 Å². The van der Waals surface area contributed by atoms with Gasteiger partial charge in [0.25, 0.3) is 0 Å². The van der Waals surface area contributed by atoms with Crippen LogP contribution in [0.1, 0.15) is 25.3 Å². The van der Waals surface area contributed by atoms with Crippen LogP contribution in [-0.2, 0) is 6.54 Å². The Balaban J connectivity index is 2.04. The van der Waals surface area contributed by atoms with E-state index in [1.165, 1.54) is 12.8 Å². The maximum Gasteiger partial charge on any atom is 0.133 e. The van der Waals surface area contributed by atoms with E-state index in [4.69, 9.17) is 17.3 Å². The molecule has 1 saturated heterocycles. The first kappa shape index (κ1) is 12.8. The SMILES string of the molecule is CC1CCC(CN)CN1Cc1cccnc1Cl. The highest BCUT2D eigenvalue weighted by Gasteiger charge is 2.24. The molecule has 2 N–H and O–H groups in total. The van der Waals surface area contributed by atoms with Crippen molar-refractivity contribution < 1.29 is 0 Å². The van der Waals surface area contributed by atoms with Crippen molar-refractivity contribution in [3.63, 3.8) is 0 Å². The van der Waals surface area contributed by atoms with Gasteiger partial charge in [0.2, 0.25) is 0 Å². The first-order valence-electron chi connectivity index (χ1n) is 6.24. The number of pyridine rings is 1. The first-order valence-corrected chi connectivity index (χ1v) is 6.62. The molecule has 0 bridgehead atoms. The molecule has 2 unspecified atom stereocenters. The van der Waals surface area contributed by atoms with Crippen LogP contribution >= 0.6 is 11.6 Å². The van der Waals surface area contributed by atoms with Gasteiger partial charge in [-0.2, -0.15) is 0 Å². The van der Waals surface area contributed by atoms with E-state index in [0.29, 0.717) is 17.1 Å². The van der Waals surface area contributed by atoms with Crippen LogP contribution in [0.5, 0.6) is 0 Å². The van der Waals surface area contributed by atoms with Crippen LogP contribution in [0.15, 0.2) is 18.3 Å². The molecule has 2 atom stereocenters. The van der Waals surface area contributed by atoms with Gasteiger partial charge in [-0.25, -0.2) is 4.98 Å². The Morgan fingerprint density at radius 2 is 2.35 bits per heavy atom. The number of aromatic nitrogens is 1. The van der Waals surface area contributed by atoms with Gasteiger partial charge in [-0.15, -0.1) is 0 Å². The second kappa shape index (κ2) is 5.80. The molecule has 1 aliphatic heterocycles. The number of hydrogen-bond acceptors (Lipinski definition) is 3. The minimum absolute atomic E-state index is 0.606. The zero-order valence-corrected chi connectivity index (χ0v) is 11.0. The van der Waals surface area contributed by atoms with E-state index in [1.54, 1.807) is 6.20 Å². The van der Waals surface area contributed by atoms with Gasteiger partial charge in [-0.3, -0.25) is 4.90 Å². The number of nitrogens with zero attached hydrogens (tertiary/aromatic N) is 2. The van der Waals surface area contributed by atoms with Crippen molar-refractivity contribution >= 4 is 11.6 Å². The quantitative estimate of drug-likeness (QED) is 0.841. The van der Waals surface area contributed by atoms with Crippen molar-refractivity contribution in [3.8, 4) is 0 Å². The van der Waals surface area contributed by atoms with Gasteiger partial charge in [0.15, 0.2) is 0 Å². The minimum Gasteiger partial charge on any atom is -0.330 e. The molecule has 1 aliphatic rings. The molecule has 0 spiro atoms. The van der Waals surface area contributed by atoms with E-state index in [9.17, 15) is 0 Å². The van der Waals surface area contributed by atoms with Crippen molar-refractivity contribution in [1.29, 1.82) is 0 Å². The fraction of sp³-hybridized carbons (Fsp3) is 0.615. The summed E-state index contributed by atoms with van der Waals surface area (Å²) in [5.74, 6) is 0.627. The Hall–Kier alpha value is -0.640. The summed E-state index contributed by atoms with van der Waals surface area (Å²) in [6.45, 7) is 5.01. The predicted octanol–water partition coefficient (Wildman–Crippen LogP) is 2.29. The van der Waals surface area contributed by atoms with E-state index in [2.05, 4.69) is 16.8 Å². The summed E-state index contributed by atoms with van der Waals surface area (Å²) >= 11 is 6.10. The van der Waals surface area contributed by atoms with Crippen LogP contribution in [0.2, 0.25) is 5.15 Å². The Kier molecular flexibility index (Phi) is 4.37. The maximum absolute atomic E-state index is 6.10. The zero-order valence-electron chi connectivity index (χ0n) is 10.3. The fourth-order valence-electron chi connectivity index (χ4n) is 2.43. The predicted molar refractivity (Wildman–Crippen MR) is 70.9 cm³/mol. The minimum atomic E-state index is 0.606. The third kappa shape index (κ3) is 3.18. The van der Waals surface area contributed by atoms with Gasteiger partial charge in [0.1, 0.15) is 5.15 Å². The van der Waals surface area contributed by atoms with Gasteiger partial charge in [-0.05, 0) is 38.3 Å². The van der Waals surface area contributed by atoms with Crippen LogP contribution in [0, 0.1) is 5.92 Å². The van der Waals surface area contributed by atoms with E-state index >= 15 is 0 Å². The summed E-state index contributed by atoms with van der Waals surface area (Å²) in [4.78, 5) is 6.59. The van der Waals surface area contributed by atoms with Crippen molar-refractivity contribution in [2.24, 2.45) is 11.7 Å². The van der Waals surface area contributed by atoms with Crippen LogP contribution in [-0.4, -0.2) is 29.0 Å².